The fourth-order valence-corrected chi connectivity index (χ4v) is 0.985. The van der Waals surface area contributed by atoms with Crippen LogP contribution in [0.3, 0.4) is 0 Å². The monoisotopic (exact) mass is 202 g/mol. The average Bonchev–Trinajstić information content (AvgIpc) is 2.17. The van der Waals surface area contributed by atoms with Gasteiger partial charge in [-0.3, -0.25) is 19.9 Å². The zero-order chi connectivity index (χ0) is 11.0. The smallest absolute Gasteiger partial charge is 0.233 e. The van der Waals surface area contributed by atoms with Crippen LogP contribution in [0.2, 0.25) is 0 Å². The maximum atomic E-state index is 10.9. The summed E-state index contributed by atoms with van der Waals surface area (Å²) in [6, 6.07) is 0. The molecule has 0 unspecified atom stereocenters. The Labute approximate surface area is 83.8 Å². The van der Waals surface area contributed by atoms with Gasteiger partial charge in [-0.05, 0) is 20.0 Å². The molecule has 0 aromatic carbocycles. The first-order chi connectivity index (χ1) is 6.60. The second-order valence-corrected chi connectivity index (χ2v) is 3.08. The molecule has 0 aromatic rings. The predicted molar refractivity (Wildman–Crippen MR) is 53.1 cm³/mol. The highest BCUT2D eigenvalue weighted by Crippen LogP contribution is 1.92. The Bertz CT molecular complexity index is 196. The molecule has 0 aliphatic rings. The normalized spacial score (nSPS) is 10.0. The van der Waals surface area contributed by atoms with Crippen molar-refractivity contribution < 1.29 is 9.59 Å². The lowest BCUT2D eigenvalue weighted by atomic mass is 10.3. The van der Waals surface area contributed by atoms with Crippen LogP contribution in [0.25, 0.3) is 0 Å². The Kier molecular flexibility index (Phi) is 6.69. The first-order valence-corrected chi connectivity index (χ1v) is 4.48. The molecular weight excluding hydrogens is 184 g/mol. The van der Waals surface area contributed by atoms with Crippen LogP contribution in [-0.2, 0) is 9.59 Å². The van der Waals surface area contributed by atoms with E-state index in [1.54, 1.807) is 7.05 Å². The number of nitrogens with one attached hydrogen (secondary N) is 2. The molecule has 6 nitrogen and oxygen atoms in total. The summed E-state index contributed by atoms with van der Waals surface area (Å²) in [5, 5.41) is 2.53. The molecule has 0 fully saturated rings. The molecular formula is C8H18N4O2. The maximum Gasteiger partial charge on any atom is 0.233 e. The van der Waals surface area contributed by atoms with Crippen molar-refractivity contribution in [1.82, 2.24) is 15.6 Å². The van der Waals surface area contributed by atoms with E-state index in [4.69, 9.17) is 5.84 Å². The molecule has 0 heterocycles. The van der Waals surface area contributed by atoms with Gasteiger partial charge in [0.2, 0.25) is 11.8 Å². The fraction of sp³-hybridized carbons (Fsp3) is 0.750. The number of nitrogens with zero attached hydrogens (tertiary/aromatic N) is 1. The van der Waals surface area contributed by atoms with E-state index in [-0.39, 0.29) is 11.8 Å². The third-order valence-corrected chi connectivity index (χ3v) is 1.80. The van der Waals surface area contributed by atoms with Gasteiger partial charge < -0.3 is 5.32 Å². The number of amides is 2. The summed E-state index contributed by atoms with van der Waals surface area (Å²) in [5.41, 5.74) is 2.05. The van der Waals surface area contributed by atoms with Gasteiger partial charge in [-0.15, -0.1) is 0 Å². The molecule has 0 aliphatic heterocycles. The Hall–Kier alpha value is -1.14. The molecule has 0 aliphatic carbocycles. The molecule has 4 N–H and O–H groups in total. The minimum atomic E-state index is -0.182. The van der Waals surface area contributed by atoms with E-state index in [0.29, 0.717) is 25.9 Å². The zero-order valence-electron chi connectivity index (χ0n) is 8.67. The van der Waals surface area contributed by atoms with Crippen molar-refractivity contribution in [2.24, 2.45) is 5.84 Å². The molecule has 0 saturated heterocycles. The molecule has 0 aromatic heterocycles. The van der Waals surface area contributed by atoms with Crippen LogP contribution >= 0.6 is 0 Å². The van der Waals surface area contributed by atoms with E-state index in [1.807, 2.05) is 11.9 Å². The van der Waals surface area contributed by atoms with Gasteiger partial charge in [0.25, 0.3) is 0 Å². The molecule has 2 amide bonds. The Morgan fingerprint density at radius 2 is 2.00 bits per heavy atom. The molecule has 0 atom stereocenters. The number of hydrogen-bond donors (Lipinski definition) is 3. The molecule has 0 spiro atoms. The standard InChI is InChI=1S/C8H18N4O2/c1-10-8(14)6-12(2)5-3-4-7(13)11-9/h3-6,9H2,1-2H3,(H,10,14)(H,11,13). The van der Waals surface area contributed by atoms with Gasteiger partial charge >= 0.3 is 0 Å². The summed E-state index contributed by atoms with van der Waals surface area (Å²) >= 11 is 0. The summed E-state index contributed by atoms with van der Waals surface area (Å²) < 4.78 is 0. The van der Waals surface area contributed by atoms with Gasteiger partial charge in [-0.1, -0.05) is 0 Å². The summed E-state index contributed by atoms with van der Waals surface area (Å²) in [6.45, 7) is 1.04. The second-order valence-electron chi connectivity index (χ2n) is 3.08. The number of nitrogens with two attached hydrogens (primary N) is 1. The SMILES string of the molecule is CNC(=O)CN(C)CCCC(=O)NN. The molecule has 0 bridgehead atoms. The average molecular weight is 202 g/mol. The van der Waals surface area contributed by atoms with Crippen LogP contribution in [0.5, 0.6) is 0 Å². The molecule has 0 radical (unpaired) electrons. The quantitative estimate of drug-likeness (QED) is 0.276. The summed E-state index contributed by atoms with van der Waals surface area (Å²) in [7, 11) is 3.42. The van der Waals surface area contributed by atoms with Gasteiger partial charge in [-0.25, -0.2) is 5.84 Å². The van der Waals surface area contributed by atoms with Gasteiger partial charge in [0, 0.05) is 13.5 Å². The lowest BCUT2D eigenvalue weighted by Crippen LogP contribution is -2.34. The third-order valence-electron chi connectivity index (χ3n) is 1.80. The summed E-state index contributed by atoms with van der Waals surface area (Å²) in [6.07, 6.45) is 1.07. The predicted octanol–water partition coefficient (Wildman–Crippen LogP) is -1.57. The first kappa shape index (κ1) is 12.9. The van der Waals surface area contributed by atoms with Crippen LogP contribution in [0, 0.1) is 0 Å². The van der Waals surface area contributed by atoms with Gasteiger partial charge in [0.15, 0.2) is 0 Å². The van der Waals surface area contributed by atoms with Crippen LogP contribution in [-0.4, -0.2) is 43.9 Å². The van der Waals surface area contributed by atoms with Crippen molar-refractivity contribution >= 4 is 11.8 Å². The summed E-state index contributed by atoms with van der Waals surface area (Å²) in [4.78, 5) is 23.5. The van der Waals surface area contributed by atoms with Gasteiger partial charge in [0.1, 0.15) is 0 Å². The molecule has 0 rings (SSSR count). The number of likely N-dealkylation sites (N-methyl/N-ethyl adjacent to an activating group) is 2. The van der Waals surface area contributed by atoms with Crippen LogP contribution in [0.15, 0.2) is 0 Å². The third kappa shape index (κ3) is 6.38. The van der Waals surface area contributed by atoms with Crippen molar-refractivity contribution in [1.29, 1.82) is 0 Å². The van der Waals surface area contributed by atoms with Crippen LogP contribution < -0.4 is 16.6 Å². The fourth-order valence-electron chi connectivity index (χ4n) is 0.985. The van der Waals surface area contributed by atoms with Gasteiger partial charge in [-0.2, -0.15) is 0 Å². The number of carbonyl (C=O) groups excluding carboxylic acids is 2. The van der Waals surface area contributed by atoms with E-state index < -0.39 is 0 Å². The number of hydrogen-bond acceptors (Lipinski definition) is 4. The number of hydrazine groups is 1. The minimum absolute atomic E-state index is 0.0317. The number of carbonyl (C=O) groups is 2. The lowest BCUT2D eigenvalue weighted by Gasteiger charge is -2.14. The first-order valence-electron chi connectivity index (χ1n) is 4.48. The van der Waals surface area contributed by atoms with Crippen LogP contribution in [0.1, 0.15) is 12.8 Å². The van der Waals surface area contributed by atoms with E-state index in [0.717, 1.165) is 0 Å². The minimum Gasteiger partial charge on any atom is -0.358 e. The Balaban J connectivity index is 3.49. The van der Waals surface area contributed by atoms with E-state index >= 15 is 0 Å². The summed E-state index contributed by atoms with van der Waals surface area (Å²) in [5.74, 6) is 4.70. The van der Waals surface area contributed by atoms with E-state index in [1.165, 1.54) is 0 Å². The second kappa shape index (κ2) is 7.28. The molecule has 14 heavy (non-hydrogen) atoms. The zero-order valence-corrected chi connectivity index (χ0v) is 8.67. The highest BCUT2D eigenvalue weighted by molar-refractivity contribution is 5.77. The molecule has 0 saturated carbocycles. The lowest BCUT2D eigenvalue weighted by molar-refractivity contribution is -0.121. The van der Waals surface area contributed by atoms with E-state index in [2.05, 4.69) is 10.7 Å². The molecule has 6 heteroatoms. The van der Waals surface area contributed by atoms with Crippen molar-refractivity contribution in [2.45, 2.75) is 12.8 Å². The number of rotatable bonds is 6. The molecule has 82 valence electrons. The highest BCUT2D eigenvalue weighted by atomic mass is 16.2. The Morgan fingerprint density at radius 3 is 2.50 bits per heavy atom. The Morgan fingerprint density at radius 1 is 1.36 bits per heavy atom. The van der Waals surface area contributed by atoms with Crippen molar-refractivity contribution in [3.05, 3.63) is 0 Å². The van der Waals surface area contributed by atoms with Crippen molar-refractivity contribution in [3.8, 4) is 0 Å². The van der Waals surface area contributed by atoms with Crippen molar-refractivity contribution in [3.63, 3.8) is 0 Å². The maximum absolute atomic E-state index is 10.9. The largest absolute Gasteiger partial charge is 0.358 e. The van der Waals surface area contributed by atoms with E-state index in [9.17, 15) is 9.59 Å². The highest BCUT2D eigenvalue weighted by Gasteiger charge is 2.05. The van der Waals surface area contributed by atoms with Crippen molar-refractivity contribution in [2.75, 3.05) is 27.2 Å². The van der Waals surface area contributed by atoms with Gasteiger partial charge in [0.05, 0.1) is 6.54 Å². The van der Waals surface area contributed by atoms with Crippen LogP contribution in [0.4, 0.5) is 0 Å². The topological polar surface area (TPSA) is 87.5 Å².